The number of anilines is 1. The van der Waals surface area contributed by atoms with Crippen molar-refractivity contribution in [3.8, 4) is 11.1 Å². The second kappa shape index (κ2) is 4.36. The zero-order chi connectivity index (χ0) is 13.6. The Bertz CT molecular complexity index is 820. The molecule has 0 saturated heterocycles. The quantitative estimate of drug-likeness (QED) is 0.723. The molecule has 0 unspecified atom stereocenters. The number of aromatic amines is 1. The number of hydrogen-bond acceptors (Lipinski definition) is 4. The number of aromatic nitrogens is 2. The number of nitrogens with zero attached hydrogens (tertiary/aromatic N) is 1. The molecule has 3 N–H and O–H groups in total. The van der Waals surface area contributed by atoms with Gasteiger partial charge < -0.3 is 5.73 Å². The molecule has 0 aliphatic carbocycles. The van der Waals surface area contributed by atoms with Crippen LogP contribution in [0.25, 0.3) is 21.3 Å². The Morgan fingerprint density at radius 3 is 2.68 bits per heavy atom. The Morgan fingerprint density at radius 2 is 2.00 bits per heavy atom. The number of H-pyrrole nitrogens is 1. The van der Waals surface area contributed by atoms with Gasteiger partial charge in [-0.05, 0) is 24.6 Å². The molecule has 3 aromatic rings. The molecular formula is C13H10ClN3OS. The van der Waals surface area contributed by atoms with Crippen LogP contribution in [-0.2, 0) is 0 Å². The molecular weight excluding hydrogens is 282 g/mol. The first-order valence-electron chi connectivity index (χ1n) is 5.61. The molecule has 2 heterocycles. The molecule has 3 rings (SSSR count). The maximum Gasteiger partial charge on any atom is 0.261 e. The van der Waals surface area contributed by atoms with Gasteiger partial charge in [0, 0.05) is 15.5 Å². The van der Waals surface area contributed by atoms with Crippen LogP contribution in [0.3, 0.4) is 0 Å². The molecule has 1 aromatic carbocycles. The largest absolute Gasteiger partial charge is 0.369 e. The van der Waals surface area contributed by atoms with Crippen molar-refractivity contribution in [1.29, 1.82) is 0 Å². The van der Waals surface area contributed by atoms with Crippen molar-refractivity contribution in [2.45, 2.75) is 6.92 Å². The van der Waals surface area contributed by atoms with Crippen molar-refractivity contribution in [1.82, 2.24) is 9.97 Å². The molecule has 0 atom stereocenters. The molecule has 0 aliphatic heterocycles. The van der Waals surface area contributed by atoms with Crippen LogP contribution in [0.2, 0.25) is 5.02 Å². The third-order valence-corrected chi connectivity index (χ3v) is 4.14. The van der Waals surface area contributed by atoms with Crippen molar-refractivity contribution in [3.63, 3.8) is 0 Å². The Morgan fingerprint density at radius 1 is 1.32 bits per heavy atom. The fourth-order valence-corrected chi connectivity index (χ4v) is 3.28. The molecule has 0 radical (unpaired) electrons. The van der Waals surface area contributed by atoms with Crippen LogP contribution in [0, 0.1) is 6.92 Å². The van der Waals surface area contributed by atoms with Crippen LogP contribution in [0.15, 0.2) is 29.1 Å². The maximum absolute atomic E-state index is 12.1. The number of nitrogens with one attached hydrogen (secondary N) is 1. The SMILES string of the molecule is Cc1sc2nc(N)[nH]c(=O)c2c1-c1ccc(Cl)cc1. The first-order valence-corrected chi connectivity index (χ1v) is 6.80. The second-order valence-corrected chi connectivity index (χ2v) is 5.81. The van der Waals surface area contributed by atoms with E-state index in [4.69, 9.17) is 17.3 Å². The molecule has 0 amide bonds. The Balaban J connectivity index is 2.38. The maximum atomic E-state index is 12.1. The predicted octanol–water partition coefficient (Wildman–Crippen LogP) is 3.20. The fraction of sp³-hybridized carbons (Fsp3) is 0.0769. The lowest BCUT2D eigenvalue weighted by atomic mass is 10.0. The average molecular weight is 292 g/mol. The molecule has 6 heteroatoms. The van der Waals surface area contributed by atoms with Crippen molar-refractivity contribution in [2.75, 3.05) is 5.73 Å². The van der Waals surface area contributed by atoms with E-state index in [1.807, 2.05) is 19.1 Å². The summed E-state index contributed by atoms with van der Waals surface area (Å²) in [4.78, 5) is 20.5. The summed E-state index contributed by atoms with van der Waals surface area (Å²) < 4.78 is 0. The van der Waals surface area contributed by atoms with Crippen LogP contribution in [0.1, 0.15) is 4.88 Å². The van der Waals surface area contributed by atoms with Crippen LogP contribution in [-0.4, -0.2) is 9.97 Å². The van der Waals surface area contributed by atoms with Crippen LogP contribution < -0.4 is 11.3 Å². The third kappa shape index (κ3) is 2.01. The monoisotopic (exact) mass is 291 g/mol. The van der Waals surface area contributed by atoms with Gasteiger partial charge in [0.2, 0.25) is 5.95 Å². The summed E-state index contributed by atoms with van der Waals surface area (Å²) in [5, 5.41) is 1.25. The first-order chi connectivity index (χ1) is 9.06. The van der Waals surface area contributed by atoms with E-state index in [1.165, 1.54) is 11.3 Å². The molecule has 96 valence electrons. The molecule has 4 nitrogen and oxygen atoms in total. The van der Waals surface area contributed by atoms with Gasteiger partial charge in [-0.1, -0.05) is 23.7 Å². The minimum Gasteiger partial charge on any atom is -0.369 e. The van der Waals surface area contributed by atoms with Crippen LogP contribution >= 0.6 is 22.9 Å². The minimum absolute atomic E-state index is 0.140. The van der Waals surface area contributed by atoms with Crippen molar-refractivity contribution >= 4 is 39.1 Å². The van der Waals surface area contributed by atoms with Crippen molar-refractivity contribution < 1.29 is 0 Å². The van der Waals surface area contributed by atoms with Gasteiger partial charge in [-0.25, -0.2) is 4.98 Å². The number of nitrogen functional groups attached to an aromatic ring is 1. The topological polar surface area (TPSA) is 71.8 Å². The zero-order valence-electron chi connectivity index (χ0n) is 10.0. The Labute approximate surface area is 117 Å². The highest BCUT2D eigenvalue weighted by atomic mass is 35.5. The number of aryl methyl sites for hydroxylation is 1. The van der Waals surface area contributed by atoms with E-state index in [9.17, 15) is 4.79 Å². The zero-order valence-corrected chi connectivity index (χ0v) is 11.6. The number of rotatable bonds is 1. The lowest BCUT2D eigenvalue weighted by Gasteiger charge is -2.01. The van der Waals surface area contributed by atoms with Gasteiger partial charge >= 0.3 is 0 Å². The van der Waals surface area contributed by atoms with Gasteiger partial charge in [0.05, 0.1) is 5.39 Å². The summed E-state index contributed by atoms with van der Waals surface area (Å²) in [5.41, 5.74) is 7.20. The van der Waals surface area contributed by atoms with Gasteiger partial charge in [-0.3, -0.25) is 9.78 Å². The Kier molecular flexibility index (Phi) is 2.80. The van der Waals surface area contributed by atoms with E-state index < -0.39 is 0 Å². The van der Waals surface area contributed by atoms with E-state index >= 15 is 0 Å². The van der Waals surface area contributed by atoms with Gasteiger partial charge in [0.15, 0.2) is 0 Å². The molecule has 0 bridgehead atoms. The molecule has 2 aromatic heterocycles. The minimum atomic E-state index is -0.211. The normalized spacial score (nSPS) is 11.1. The summed E-state index contributed by atoms with van der Waals surface area (Å²) in [6.07, 6.45) is 0. The summed E-state index contributed by atoms with van der Waals surface area (Å²) in [5.74, 6) is 0.140. The highest BCUT2D eigenvalue weighted by molar-refractivity contribution is 7.19. The lowest BCUT2D eigenvalue weighted by Crippen LogP contribution is -2.10. The Hall–Kier alpha value is -1.85. The van der Waals surface area contributed by atoms with Crippen LogP contribution in [0.4, 0.5) is 5.95 Å². The number of benzene rings is 1. The molecule has 0 saturated carbocycles. The van der Waals surface area contributed by atoms with Gasteiger partial charge in [0.1, 0.15) is 4.83 Å². The van der Waals surface area contributed by atoms with E-state index in [0.717, 1.165) is 16.0 Å². The van der Waals surface area contributed by atoms with E-state index in [2.05, 4.69) is 9.97 Å². The van der Waals surface area contributed by atoms with E-state index in [-0.39, 0.29) is 11.5 Å². The third-order valence-electron chi connectivity index (χ3n) is 2.89. The van der Waals surface area contributed by atoms with E-state index in [1.54, 1.807) is 12.1 Å². The summed E-state index contributed by atoms with van der Waals surface area (Å²) in [6.45, 7) is 1.96. The first kappa shape index (κ1) is 12.2. The fourth-order valence-electron chi connectivity index (χ4n) is 2.10. The standard InChI is InChI=1S/C13H10ClN3OS/c1-6-9(7-2-4-8(14)5-3-7)10-11(18)16-13(15)17-12(10)19-6/h2-5H,1H3,(H3,15,16,17,18). The van der Waals surface area contributed by atoms with E-state index in [0.29, 0.717) is 15.2 Å². The molecule has 0 aliphatic rings. The molecule has 19 heavy (non-hydrogen) atoms. The number of fused-ring (bicyclic) bond motifs is 1. The van der Waals surface area contributed by atoms with Crippen molar-refractivity contribution in [2.24, 2.45) is 0 Å². The number of hydrogen-bond donors (Lipinski definition) is 2. The predicted molar refractivity (Wildman–Crippen MR) is 79.8 cm³/mol. The smallest absolute Gasteiger partial charge is 0.261 e. The summed E-state index contributed by atoms with van der Waals surface area (Å²) >= 11 is 7.35. The second-order valence-electron chi connectivity index (χ2n) is 4.17. The highest BCUT2D eigenvalue weighted by Crippen LogP contribution is 2.35. The van der Waals surface area contributed by atoms with Gasteiger partial charge in [0.25, 0.3) is 5.56 Å². The highest BCUT2D eigenvalue weighted by Gasteiger charge is 2.15. The number of halogens is 1. The average Bonchev–Trinajstić information content (AvgIpc) is 2.66. The van der Waals surface area contributed by atoms with Crippen molar-refractivity contribution in [3.05, 3.63) is 44.5 Å². The summed E-state index contributed by atoms with van der Waals surface area (Å²) in [6, 6.07) is 7.40. The van der Waals surface area contributed by atoms with Gasteiger partial charge in [-0.15, -0.1) is 11.3 Å². The molecule has 0 spiro atoms. The van der Waals surface area contributed by atoms with Gasteiger partial charge in [-0.2, -0.15) is 0 Å². The van der Waals surface area contributed by atoms with Crippen LogP contribution in [0.5, 0.6) is 0 Å². The lowest BCUT2D eigenvalue weighted by molar-refractivity contribution is 1.20. The number of thiophene rings is 1. The summed E-state index contributed by atoms with van der Waals surface area (Å²) in [7, 11) is 0. The molecule has 0 fully saturated rings. The number of nitrogens with two attached hydrogens (primary N) is 1.